The van der Waals surface area contributed by atoms with Crippen molar-refractivity contribution in [3.05, 3.63) is 54.1 Å². The second-order valence-corrected chi connectivity index (χ2v) is 8.67. The van der Waals surface area contributed by atoms with Crippen molar-refractivity contribution in [3.8, 4) is 5.75 Å². The number of anilines is 1. The van der Waals surface area contributed by atoms with E-state index < -0.39 is 10.0 Å². The summed E-state index contributed by atoms with van der Waals surface area (Å²) in [5, 5.41) is 2.79. The molecule has 1 amide bonds. The first kappa shape index (κ1) is 21.9. The lowest BCUT2D eigenvalue weighted by molar-refractivity contribution is 0.102. The molecule has 152 valence electrons. The Morgan fingerprint density at radius 3 is 2.39 bits per heavy atom. The summed E-state index contributed by atoms with van der Waals surface area (Å²) in [6.45, 7) is 7.05. The Bertz CT molecular complexity index is 878. The van der Waals surface area contributed by atoms with Gasteiger partial charge in [0.25, 0.3) is 5.91 Å². The van der Waals surface area contributed by atoms with E-state index in [0.29, 0.717) is 42.5 Å². The summed E-state index contributed by atoms with van der Waals surface area (Å²) in [7, 11) is -3.53. The number of ether oxygens (including phenoxy) is 1. The normalized spacial score (nSPS) is 11.4. The third-order valence-corrected chi connectivity index (χ3v) is 5.53. The fraction of sp³-hybridized carbons (Fsp3) is 0.381. The number of hydrogen-bond acceptors (Lipinski definition) is 4. The lowest BCUT2D eigenvalue weighted by atomic mass is 10.1. The zero-order valence-corrected chi connectivity index (χ0v) is 17.4. The number of amides is 1. The highest BCUT2D eigenvalue weighted by Gasteiger charge is 2.15. The highest BCUT2D eigenvalue weighted by molar-refractivity contribution is 7.89. The van der Waals surface area contributed by atoms with Gasteiger partial charge in [-0.15, -0.1) is 0 Å². The minimum atomic E-state index is -3.53. The van der Waals surface area contributed by atoms with E-state index in [2.05, 4.69) is 23.9 Å². The van der Waals surface area contributed by atoms with Crippen LogP contribution < -0.4 is 14.8 Å². The number of sulfonamides is 1. The summed E-state index contributed by atoms with van der Waals surface area (Å²) in [5.74, 6) is 0.742. The van der Waals surface area contributed by atoms with Crippen LogP contribution in [0.3, 0.4) is 0 Å². The van der Waals surface area contributed by atoms with Gasteiger partial charge in [-0.2, -0.15) is 0 Å². The smallest absolute Gasteiger partial charge is 0.259 e. The number of benzene rings is 2. The van der Waals surface area contributed by atoms with Crippen LogP contribution in [-0.4, -0.2) is 27.5 Å². The molecular weight excluding hydrogens is 376 g/mol. The van der Waals surface area contributed by atoms with E-state index in [1.54, 1.807) is 30.3 Å². The van der Waals surface area contributed by atoms with E-state index in [-0.39, 0.29) is 10.8 Å². The van der Waals surface area contributed by atoms with E-state index in [1.807, 2.05) is 13.0 Å². The molecule has 0 unspecified atom stereocenters. The van der Waals surface area contributed by atoms with Gasteiger partial charge >= 0.3 is 0 Å². The van der Waals surface area contributed by atoms with Gasteiger partial charge in [-0.25, -0.2) is 13.1 Å². The quantitative estimate of drug-likeness (QED) is 0.626. The molecule has 0 bridgehead atoms. The van der Waals surface area contributed by atoms with Crippen molar-refractivity contribution < 1.29 is 17.9 Å². The van der Waals surface area contributed by atoms with Gasteiger partial charge in [0.2, 0.25) is 10.0 Å². The van der Waals surface area contributed by atoms with Crippen molar-refractivity contribution in [3.63, 3.8) is 0 Å². The third-order valence-electron chi connectivity index (χ3n) is 4.05. The van der Waals surface area contributed by atoms with Crippen molar-refractivity contribution in [2.45, 2.75) is 38.5 Å². The molecule has 0 aliphatic rings. The molecule has 0 saturated heterocycles. The van der Waals surface area contributed by atoms with Gasteiger partial charge in [0.1, 0.15) is 5.75 Å². The maximum absolute atomic E-state index is 12.6. The number of rotatable bonds is 10. The first-order chi connectivity index (χ1) is 13.3. The molecule has 6 nitrogen and oxygen atoms in total. The summed E-state index contributed by atoms with van der Waals surface area (Å²) < 4.78 is 32.5. The highest BCUT2D eigenvalue weighted by Crippen LogP contribution is 2.21. The molecule has 0 fully saturated rings. The fourth-order valence-corrected chi connectivity index (χ4v) is 3.55. The Morgan fingerprint density at radius 2 is 1.75 bits per heavy atom. The Balaban J connectivity index is 2.07. The summed E-state index contributed by atoms with van der Waals surface area (Å²) in [6.07, 6.45) is 1.62. The molecule has 0 aliphatic carbocycles. The van der Waals surface area contributed by atoms with Crippen LogP contribution >= 0.6 is 0 Å². The Labute approximate surface area is 167 Å². The third kappa shape index (κ3) is 6.35. The zero-order chi connectivity index (χ0) is 20.6. The number of para-hydroxylation sites is 1. The lowest BCUT2D eigenvalue weighted by Crippen LogP contribution is -2.24. The summed E-state index contributed by atoms with van der Waals surface area (Å²) >= 11 is 0. The van der Waals surface area contributed by atoms with Crippen molar-refractivity contribution >= 4 is 21.6 Å². The van der Waals surface area contributed by atoms with Crippen LogP contribution in [-0.2, 0) is 10.0 Å². The van der Waals surface area contributed by atoms with Gasteiger partial charge < -0.3 is 10.1 Å². The predicted molar refractivity (Wildman–Crippen MR) is 111 cm³/mol. The van der Waals surface area contributed by atoms with E-state index in [9.17, 15) is 13.2 Å². The number of carbonyl (C=O) groups excluding carboxylic acids is 1. The zero-order valence-electron chi connectivity index (χ0n) is 16.6. The Morgan fingerprint density at radius 1 is 1.07 bits per heavy atom. The molecule has 2 N–H and O–H groups in total. The first-order valence-corrected chi connectivity index (χ1v) is 10.9. The largest absolute Gasteiger partial charge is 0.493 e. The molecule has 28 heavy (non-hydrogen) atoms. The van der Waals surface area contributed by atoms with Crippen LogP contribution in [0.1, 0.15) is 44.0 Å². The molecule has 2 aromatic rings. The van der Waals surface area contributed by atoms with Crippen LogP contribution in [0.4, 0.5) is 5.69 Å². The number of nitrogens with one attached hydrogen (secondary N) is 2. The maximum atomic E-state index is 12.6. The topological polar surface area (TPSA) is 84.5 Å². The second kappa shape index (κ2) is 10.2. The van der Waals surface area contributed by atoms with E-state index in [4.69, 9.17) is 4.74 Å². The molecular formula is C21H28N2O4S. The van der Waals surface area contributed by atoms with Crippen LogP contribution in [0.5, 0.6) is 5.75 Å². The summed E-state index contributed by atoms with van der Waals surface area (Å²) in [6, 6.07) is 13.2. The minimum absolute atomic E-state index is 0.163. The van der Waals surface area contributed by atoms with Crippen LogP contribution in [0.15, 0.2) is 53.4 Å². The van der Waals surface area contributed by atoms with Gasteiger partial charge in [0.05, 0.1) is 17.1 Å². The summed E-state index contributed by atoms with van der Waals surface area (Å²) in [5.41, 5.74) is 0.948. The van der Waals surface area contributed by atoms with Gasteiger partial charge in [0, 0.05) is 12.2 Å². The van der Waals surface area contributed by atoms with Crippen molar-refractivity contribution in [2.24, 2.45) is 5.92 Å². The van der Waals surface area contributed by atoms with Gasteiger partial charge in [-0.05, 0) is 55.2 Å². The molecule has 0 aromatic heterocycles. The van der Waals surface area contributed by atoms with Crippen LogP contribution in [0.25, 0.3) is 0 Å². The molecule has 0 aliphatic heterocycles. The predicted octanol–water partition coefficient (Wildman–Crippen LogP) is 4.05. The van der Waals surface area contributed by atoms with Crippen molar-refractivity contribution in [2.75, 3.05) is 18.5 Å². The monoisotopic (exact) mass is 404 g/mol. The van der Waals surface area contributed by atoms with Crippen molar-refractivity contribution in [1.29, 1.82) is 0 Å². The van der Waals surface area contributed by atoms with Crippen LogP contribution in [0, 0.1) is 5.92 Å². The molecule has 0 heterocycles. The average molecular weight is 405 g/mol. The molecule has 7 heteroatoms. The molecule has 2 aromatic carbocycles. The van der Waals surface area contributed by atoms with Gasteiger partial charge in [-0.3, -0.25) is 4.79 Å². The number of carbonyl (C=O) groups is 1. The Kier molecular flexibility index (Phi) is 8.02. The maximum Gasteiger partial charge on any atom is 0.259 e. The average Bonchev–Trinajstić information content (AvgIpc) is 2.67. The standard InChI is InChI=1S/C21H28N2O4S/c1-4-14-22-28(25,26)18-11-9-17(10-12-18)23-21(24)19-7-5-6-8-20(19)27-15-13-16(2)3/h5-12,16,22H,4,13-15H2,1-3H3,(H,23,24). The first-order valence-electron chi connectivity index (χ1n) is 9.46. The minimum Gasteiger partial charge on any atom is -0.493 e. The van der Waals surface area contributed by atoms with E-state index in [0.717, 1.165) is 6.42 Å². The lowest BCUT2D eigenvalue weighted by Gasteiger charge is -2.13. The number of hydrogen-bond donors (Lipinski definition) is 2. The van der Waals surface area contributed by atoms with E-state index in [1.165, 1.54) is 12.1 Å². The fourth-order valence-electron chi connectivity index (χ4n) is 2.42. The second-order valence-electron chi connectivity index (χ2n) is 6.90. The summed E-state index contributed by atoms with van der Waals surface area (Å²) in [4.78, 5) is 12.8. The highest BCUT2D eigenvalue weighted by atomic mass is 32.2. The Hall–Kier alpha value is -2.38. The van der Waals surface area contributed by atoms with Gasteiger partial charge in [-0.1, -0.05) is 32.9 Å². The SMILES string of the molecule is CCCNS(=O)(=O)c1ccc(NC(=O)c2ccccc2OCCC(C)C)cc1. The molecule has 0 radical (unpaired) electrons. The molecule has 0 saturated carbocycles. The van der Waals surface area contributed by atoms with Crippen LogP contribution in [0.2, 0.25) is 0 Å². The van der Waals surface area contributed by atoms with E-state index >= 15 is 0 Å². The molecule has 0 spiro atoms. The van der Waals surface area contributed by atoms with Crippen molar-refractivity contribution in [1.82, 2.24) is 4.72 Å². The molecule has 0 atom stereocenters. The molecule has 2 rings (SSSR count). The van der Waals surface area contributed by atoms with Gasteiger partial charge in [0.15, 0.2) is 0 Å².